The summed E-state index contributed by atoms with van der Waals surface area (Å²) in [6.07, 6.45) is 0.328. The number of aliphatic hydroxyl groups excluding tert-OH is 1. The fourth-order valence-corrected chi connectivity index (χ4v) is 2.18. The van der Waals surface area contributed by atoms with Crippen molar-refractivity contribution in [2.24, 2.45) is 11.8 Å². The van der Waals surface area contributed by atoms with Crippen molar-refractivity contribution < 1.29 is 13.9 Å². The summed E-state index contributed by atoms with van der Waals surface area (Å²) in [7, 11) is 0. The molecule has 3 heteroatoms. The Balaban J connectivity index is 2.16. The average molecular weight is 148 g/mol. The second kappa shape index (κ2) is 1.70. The zero-order valence-corrected chi connectivity index (χ0v) is 5.56. The molecule has 2 aliphatic carbocycles. The van der Waals surface area contributed by atoms with Crippen LogP contribution in [0.5, 0.6) is 0 Å². The van der Waals surface area contributed by atoms with E-state index in [1.807, 2.05) is 0 Å². The van der Waals surface area contributed by atoms with Gasteiger partial charge in [0.15, 0.2) is 0 Å². The molecule has 0 aromatic rings. The summed E-state index contributed by atoms with van der Waals surface area (Å²) in [5, 5.41) is 9.12. The Morgan fingerprint density at radius 1 is 1.30 bits per heavy atom. The van der Waals surface area contributed by atoms with E-state index in [-0.39, 0.29) is 12.3 Å². The van der Waals surface area contributed by atoms with E-state index < -0.39 is 17.9 Å². The summed E-state index contributed by atoms with van der Waals surface area (Å²) in [4.78, 5) is 0. The third-order valence-electron chi connectivity index (χ3n) is 2.79. The number of halogens is 2. The van der Waals surface area contributed by atoms with E-state index in [4.69, 9.17) is 5.11 Å². The van der Waals surface area contributed by atoms with Crippen molar-refractivity contribution in [2.75, 3.05) is 0 Å². The summed E-state index contributed by atoms with van der Waals surface area (Å²) in [5.74, 6) is -3.10. The van der Waals surface area contributed by atoms with Gasteiger partial charge in [0.1, 0.15) is 0 Å². The Hall–Kier alpha value is -0.180. The quantitative estimate of drug-likeness (QED) is 0.550. The minimum absolute atomic E-state index is 0.0845. The predicted molar refractivity (Wildman–Crippen MR) is 31.8 cm³/mol. The maximum Gasteiger partial charge on any atom is 0.251 e. The van der Waals surface area contributed by atoms with Crippen molar-refractivity contribution in [2.45, 2.75) is 31.3 Å². The van der Waals surface area contributed by atoms with Gasteiger partial charge in [-0.1, -0.05) is 0 Å². The predicted octanol–water partition coefficient (Wildman–Crippen LogP) is 1.41. The first-order chi connectivity index (χ1) is 4.59. The van der Waals surface area contributed by atoms with E-state index in [2.05, 4.69) is 0 Å². The standard InChI is InChI=1S/C7H10F2O/c8-7(9)3-4-1-5(7)2-6(4)10/h4-6,10H,1-3H2/t4-,5-,6-/m1/s1. The molecular weight excluding hydrogens is 138 g/mol. The number of aliphatic hydroxyl groups is 1. The van der Waals surface area contributed by atoms with Crippen LogP contribution in [-0.4, -0.2) is 17.1 Å². The van der Waals surface area contributed by atoms with Crippen molar-refractivity contribution >= 4 is 0 Å². The lowest BCUT2D eigenvalue weighted by Gasteiger charge is -2.24. The van der Waals surface area contributed by atoms with Crippen LogP contribution >= 0.6 is 0 Å². The van der Waals surface area contributed by atoms with Crippen LogP contribution in [0.15, 0.2) is 0 Å². The second-order valence-corrected chi connectivity index (χ2v) is 3.46. The Morgan fingerprint density at radius 2 is 2.00 bits per heavy atom. The smallest absolute Gasteiger partial charge is 0.251 e. The highest BCUT2D eigenvalue weighted by Gasteiger charge is 2.56. The molecule has 58 valence electrons. The van der Waals surface area contributed by atoms with Crippen LogP contribution in [0.25, 0.3) is 0 Å². The lowest BCUT2D eigenvalue weighted by atomic mass is 9.94. The van der Waals surface area contributed by atoms with Crippen LogP contribution in [0.3, 0.4) is 0 Å². The Kier molecular flexibility index (Phi) is 1.11. The summed E-state index contributed by atoms with van der Waals surface area (Å²) in [6, 6.07) is 0. The molecule has 10 heavy (non-hydrogen) atoms. The third-order valence-corrected chi connectivity index (χ3v) is 2.79. The molecule has 0 spiro atoms. The highest BCUT2D eigenvalue weighted by Crippen LogP contribution is 2.53. The Bertz CT molecular complexity index is 156. The fraction of sp³-hybridized carbons (Fsp3) is 1.00. The summed E-state index contributed by atoms with van der Waals surface area (Å²) < 4.78 is 25.4. The maximum atomic E-state index is 12.7. The molecule has 0 radical (unpaired) electrons. The van der Waals surface area contributed by atoms with Gasteiger partial charge in [0.25, 0.3) is 5.92 Å². The van der Waals surface area contributed by atoms with Crippen LogP contribution in [0.2, 0.25) is 0 Å². The topological polar surface area (TPSA) is 20.2 Å². The van der Waals surface area contributed by atoms with Crippen molar-refractivity contribution in [3.8, 4) is 0 Å². The number of fused-ring (bicyclic) bond motifs is 2. The SMILES string of the molecule is O[C@@H]1C[C@H]2C[C@@H]1CC2(F)F. The molecule has 0 unspecified atom stereocenters. The van der Waals surface area contributed by atoms with Crippen LogP contribution in [0, 0.1) is 11.8 Å². The summed E-state index contributed by atoms with van der Waals surface area (Å²) in [6.45, 7) is 0. The molecule has 0 aromatic carbocycles. The van der Waals surface area contributed by atoms with Crippen molar-refractivity contribution in [1.29, 1.82) is 0 Å². The van der Waals surface area contributed by atoms with Crippen LogP contribution in [0.1, 0.15) is 19.3 Å². The van der Waals surface area contributed by atoms with Crippen molar-refractivity contribution in [1.82, 2.24) is 0 Å². The third kappa shape index (κ3) is 0.698. The minimum atomic E-state index is -2.47. The van der Waals surface area contributed by atoms with Gasteiger partial charge in [-0.05, 0) is 18.8 Å². The molecule has 3 atom stereocenters. The molecule has 0 saturated heterocycles. The first-order valence-corrected chi connectivity index (χ1v) is 3.65. The molecule has 2 fully saturated rings. The Labute approximate surface area is 58.0 Å². The zero-order chi connectivity index (χ0) is 7.35. The van der Waals surface area contributed by atoms with Crippen LogP contribution < -0.4 is 0 Å². The highest BCUT2D eigenvalue weighted by molar-refractivity contribution is 4.99. The molecule has 0 amide bonds. The number of hydrogen-bond donors (Lipinski definition) is 1. The molecule has 0 aromatic heterocycles. The lowest BCUT2D eigenvalue weighted by molar-refractivity contribution is -0.0752. The molecule has 2 bridgehead atoms. The van der Waals surface area contributed by atoms with Gasteiger partial charge >= 0.3 is 0 Å². The van der Waals surface area contributed by atoms with E-state index in [1.165, 1.54) is 0 Å². The van der Waals surface area contributed by atoms with Gasteiger partial charge in [-0.15, -0.1) is 0 Å². The summed E-state index contributed by atoms with van der Waals surface area (Å²) >= 11 is 0. The van der Waals surface area contributed by atoms with E-state index in [1.54, 1.807) is 0 Å². The van der Waals surface area contributed by atoms with Gasteiger partial charge in [0.2, 0.25) is 0 Å². The van der Waals surface area contributed by atoms with Gasteiger partial charge in [-0.25, -0.2) is 8.78 Å². The first-order valence-electron chi connectivity index (χ1n) is 3.65. The Morgan fingerprint density at radius 3 is 2.30 bits per heavy atom. The largest absolute Gasteiger partial charge is 0.393 e. The zero-order valence-electron chi connectivity index (χ0n) is 5.56. The summed E-state index contributed by atoms with van der Waals surface area (Å²) in [5.41, 5.74) is 0. The fourth-order valence-electron chi connectivity index (χ4n) is 2.18. The number of alkyl halides is 2. The van der Waals surface area contributed by atoms with Gasteiger partial charge < -0.3 is 5.11 Å². The van der Waals surface area contributed by atoms with Crippen molar-refractivity contribution in [3.05, 3.63) is 0 Å². The number of rotatable bonds is 0. The number of hydrogen-bond acceptors (Lipinski definition) is 1. The van der Waals surface area contributed by atoms with Gasteiger partial charge in [0.05, 0.1) is 6.10 Å². The molecule has 1 nitrogen and oxygen atoms in total. The second-order valence-electron chi connectivity index (χ2n) is 3.46. The van der Waals surface area contributed by atoms with Crippen LogP contribution in [0.4, 0.5) is 8.78 Å². The van der Waals surface area contributed by atoms with Crippen LogP contribution in [-0.2, 0) is 0 Å². The van der Waals surface area contributed by atoms with E-state index in [0.717, 1.165) is 0 Å². The van der Waals surface area contributed by atoms with E-state index >= 15 is 0 Å². The highest BCUT2D eigenvalue weighted by atomic mass is 19.3. The average Bonchev–Trinajstić information content (AvgIpc) is 2.21. The molecule has 2 saturated carbocycles. The molecule has 2 rings (SSSR count). The molecule has 1 N–H and O–H groups in total. The van der Waals surface area contributed by atoms with E-state index in [0.29, 0.717) is 12.8 Å². The monoisotopic (exact) mass is 148 g/mol. The van der Waals surface area contributed by atoms with E-state index in [9.17, 15) is 8.78 Å². The molecule has 2 aliphatic rings. The van der Waals surface area contributed by atoms with Gasteiger partial charge in [-0.3, -0.25) is 0 Å². The molecular formula is C7H10F2O. The minimum Gasteiger partial charge on any atom is -0.393 e. The maximum absolute atomic E-state index is 12.7. The van der Waals surface area contributed by atoms with Crippen molar-refractivity contribution in [3.63, 3.8) is 0 Å². The lowest BCUT2D eigenvalue weighted by Crippen LogP contribution is -2.30. The molecule has 0 heterocycles. The van der Waals surface area contributed by atoms with Gasteiger partial charge in [-0.2, -0.15) is 0 Å². The van der Waals surface area contributed by atoms with Gasteiger partial charge in [0, 0.05) is 12.3 Å². The normalized spacial score (nSPS) is 50.1. The molecule has 0 aliphatic heterocycles. The first kappa shape index (κ1) is 6.53.